The lowest BCUT2D eigenvalue weighted by Gasteiger charge is -2.40. The number of rotatable bonds is 0. The van der Waals surface area contributed by atoms with Gasteiger partial charge in [0.1, 0.15) is 17.8 Å². The second-order valence-corrected chi connectivity index (χ2v) is 8.67. The molecule has 0 spiro atoms. The van der Waals surface area contributed by atoms with Gasteiger partial charge in [-0.05, 0) is 38.0 Å². The number of carbonyl (C=O) groups excluding carboxylic acids is 2. The van der Waals surface area contributed by atoms with Crippen molar-refractivity contribution in [3.63, 3.8) is 0 Å². The van der Waals surface area contributed by atoms with Crippen molar-refractivity contribution in [2.75, 3.05) is 0 Å². The third-order valence-electron chi connectivity index (χ3n) is 6.46. The minimum Gasteiger partial charge on any atom is -0.365 e. The molecule has 0 N–H and O–H groups in total. The summed E-state index contributed by atoms with van der Waals surface area (Å²) in [5.74, 6) is -1.02. The van der Waals surface area contributed by atoms with Gasteiger partial charge in [-0.2, -0.15) is 0 Å². The van der Waals surface area contributed by atoms with Gasteiger partial charge in [-0.15, -0.1) is 0 Å². The molecule has 0 saturated carbocycles. The van der Waals surface area contributed by atoms with Crippen LogP contribution >= 0.6 is 0 Å². The molecule has 29 heavy (non-hydrogen) atoms. The average molecular weight is 392 g/mol. The highest BCUT2D eigenvalue weighted by Crippen LogP contribution is 2.54. The largest absolute Gasteiger partial charge is 0.365 e. The molecule has 0 radical (unpaired) electrons. The lowest BCUT2D eigenvalue weighted by molar-refractivity contribution is -0.241. The van der Waals surface area contributed by atoms with Gasteiger partial charge in [0.05, 0.1) is 6.61 Å². The molecule has 0 amide bonds. The molecule has 6 heteroatoms. The first-order valence-corrected chi connectivity index (χ1v) is 9.79. The van der Waals surface area contributed by atoms with E-state index in [1.54, 1.807) is 30.3 Å². The summed E-state index contributed by atoms with van der Waals surface area (Å²) >= 11 is 0. The molecule has 0 aromatic heterocycles. The second kappa shape index (κ2) is 5.40. The Morgan fingerprint density at radius 3 is 2.38 bits per heavy atom. The normalized spacial score (nSPS) is 33.6. The predicted molar refractivity (Wildman–Crippen MR) is 101 cm³/mol. The van der Waals surface area contributed by atoms with Crippen molar-refractivity contribution in [2.24, 2.45) is 0 Å². The zero-order valence-corrected chi connectivity index (χ0v) is 16.4. The van der Waals surface area contributed by atoms with Crippen LogP contribution in [0, 0.1) is 0 Å². The third kappa shape index (κ3) is 2.15. The fourth-order valence-electron chi connectivity index (χ4n) is 5.08. The zero-order chi connectivity index (χ0) is 20.1. The summed E-state index contributed by atoms with van der Waals surface area (Å²) in [4.78, 5) is 26.3. The summed E-state index contributed by atoms with van der Waals surface area (Å²) in [7, 11) is 0. The van der Waals surface area contributed by atoms with Crippen LogP contribution in [0.25, 0.3) is 0 Å². The number of fused-ring (bicyclic) bond motifs is 8. The fraction of sp³-hybridized carbons (Fsp3) is 0.391. The van der Waals surface area contributed by atoms with Gasteiger partial charge >= 0.3 is 0 Å². The van der Waals surface area contributed by atoms with E-state index >= 15 is 0 Å². The van der Waals surface area contributed by atoms with Crippen molar-refractivity contribution in [3.8, 4) is 0 Å². The molecule has 2 aromatic carbocycles. The highest BCUT2D eigenvalue weighted by molar-refractivity contribution is 6.29. The van der Waals surface area contributed by atoms with E-state index in [2.05, 4.69) is 0 Å². The van der Waals surface area contributed by atoms with E-state index < -0.39 is 23.8 Å². The molecule has 1 aliphatic carbocycles. The molecule has 4 atom stereocenters. The maximum Gasteiger partial charge on any atom is 0.194 e. The van der Waals surface area contributed by atoms with Crippen molar-refractivity contribution in [2.45, 2.75) is 57.3 Å². The Morgan fingerprint density at radius 1 is 0.897 bits per heavy atom. The Hall–Kier alpha value is -2.38. The SMILES string of the molecule is CC1(C)O[C@H]2O[C@@H]3c4ccc5c(c4CO[C@@]3(C)[C@H]2O1)C(=O)c1ccccc1C5=O. The molecular formula is C23H20O6. The molecule has 2 aromatic rings. The Balaban J connectivity index is 1.48. The van der Waals surface area contributed by atoms with Crippen molar-refractivity contribution < 1.29 is 28.5 Å². The first kappa shape index (κ1) is 17.5. The Bertz CT molecular complexity index is 1100. The topological polar surface area (TPSA) is 71.1 Å². The van der Waals surface area contributed by atoms with Crippen LogP contribution in [0.3, 0.4) is 0 Å². The molecule has 148 valence electrons. The Kier molecular flexibility index (Phi) is 3.25. The Morgan fingerprint density at radius 2 is 1.62 bits per heavy atom. The second-order valence-electron chi connectivity index (χ2n) is 8.67. The molecule has 2 fully saturated rings. The first-order chi connectivity index (χ1) is 13.8. The summed E-state index contributed by atoms with van der Waals surface area (Å²) in [6.07, 6.45) is -1.35. The standard InChI is InChI=1S/C23H20O6/c1-22(2)28-20-21(29-22)27-19-13-8-9-14-16(15(13)10-26-23(19,20)3)18(25)12-7-5-4-6-11(12)17(14)24/h4-9,19-21H,10H2,1-3H3/t19-,20+,21-,23-/m1/s1. The van der Waals surface area contributed by atoms with Gasteiger partial charge in [-0.25, -0.2) is 0 Å². The van der Waals surface area contributed by atoms with Crippen LogP contribution in [0.5, 0.6) is 0 Å². The summed E-state index contributed by atoms with van der Waals surface area (Å²) in [5, 5.41) is 0. The van der Waals surface area contributed by atoms with Gasteiger partial charge in [0, 0.05) is 22.3 Å². The fourth-order valence-corrected chi connectivity index (χ4v) is 5.08. The van der Waals surface area contributed by atoms with Gasteiger partial charge in [0.25, 0.3) is 0 Å². The van der Waals surface area contributed by atoms with E-state index in [0.717, 1.165) is 11.1 Å². The maximum atomic E-state index is 13.3. The highest BCUT2D eigenvalue weighted by atomic mass is 16.8. The van der Waals surface area contributed by atoms with E-state index in [4.69, 9.17) is 18.9 Å². The molecule has 0 bridgehead atoms. The zero-order valence-electron chi connectivity index (χ0n) is 16.4. The lowest BCUT2D eigenvalue weighted by atomic mass is 9.77. The van der Waals surface area contributed by atoms with E-state index in [1.165, 1.54) is 0 Å². The van der Waals surface area contributed by atoms with E-state index in [1.807, 2.05) is 26.8 Å². The van der Waals surface area contributed by atoms with Crippen LogP contribution in [0.4, 0.5) is 0 Å². The summed E-state index contributed by atoms with van der Waals surface area (Å²) < 4.78 is 24.4. The molecule has 3 heterocycles. The molecule has 6 nitrogen and oxygen atoms in total. The first-order valence-electron chi connectivity index (χ1n) is 9.79. The summed E-state index contributed by atoms with van der Waals surface area (Å²) in [6.45, 7) is 5.87. The predicted octanol–water partition coefficient (Wildman–Crippen LogP) is 3.30. The maximum absolute atomic E-state index is 13.3. The Labute approximate surface area is 167 Å². The van der Waals surface area contributed by atoms with Gasteiger partial charge in [-0.3, -0.25) is 9.59 Å². The average Bonchev–Trinajstić information content (AvgIpc) is 3.15. The highest BCUT2D eigenvalue weighted by Gasteiger charge is 2.64. The number of benzene rings is 2. The molecular weight excluding hydrogens is 372 g/mol. The number of hydrogen-bond donors (Lipinski definition) is 0. The van der Waals surface area contributed by atoms with E-state index in [9.17, 15) is 9.59 Å². The molecule has 2 saturated heterocycles. The van der Waals surface area contributed by atoms with Crippen molar-refractivity contribution in [3.05, 3.63) is 69.8 Å². The molecule has 3 aliphatic heterocycles. The van der Waals surface area contributed by atoms with Gasteiger partial charge in [0.15, 0.2) is 23.6 Å². The van der Waals surface area contributed by atoms with Crippen LogP contribution in [0.2, 0.25) is 0 Å². The quantitative estimate of drug-likeness (QED) is 0.585. The lowest BCUT2D eigenvalue weighted by Crippen LogP contribution is -2.47. The summed E-state index contributed by atoms with van der Waals surface area (Å²) in [6, 6.07) is 10.6. The van der Waals surface area contributed by atoms with Gasteiger partial charge in [-0.1, -0.05) is 30.3 Å². The number of ether oxygens (including phenoxy) is 4. The number of hydrogen-bond acceptors (Lipinski definition) is 6. The summed E-state index contributed by atoms with van der Waals surface area (Å²) in [5.41, 5.74) is 2.57. The van der Waals surface area contributed by atoms with Crippen LogP contribution < -0.4 is 0 Å². The van der Waals surface area contributed by atoms with Crippen LogP contribution in [0.1, 0.15) is 69.8 Å². The monoisotopic (exact) mass is 392 g/mol. The van der Waals surface area contributed by atoms with Crippen LogP contribution in [0.15, 0.2) is 36.4 Å². The molecule has 6 rings (SSSR count). The van der Waals surface area contributed by atoms with Gasteiger partial charge in [0.2, 0.25) is 0 Å². The smallest absolute Gasteiger partial charge is 0.194 e. The number of carbonyl (C=O) groups is 2. The third-order valence-corrected chi connectivity index (χ3v) is 6.46. The van der Waals surface area contributed by atoms with Crippen molar-refractivity contribution >= 4 is 11.6 Å². The minimum absolute atomic E-state index is 0.135. The van der Waals surface area contributed by atoms with Gasteiger partial charge < -0.3 is 18.9 Å². The van der Waals surface area contributed by atoms with E-state index in [-0.39, 0.29) is 24.3 Å². The van der Waals surface area contributed by atoms with Crippen molar-refractivity contribution in [1.29, 1.82) is 0 Å². The minimum atomic E-state index is -0.741. The van der Waals surface area contributed by atoms with Crippen LogP contribution in [-0.2, 0) is 25.6 Å². The van der Waals surface area contributed by atoms with E-state index in [0.29, 0.717) is 22.3 Å². The van der Waals surface area contributed by atoms with Crippen molar-refractivity contribution in [1.82, 2.24) is 0 Å². The molecule has 0 unspecified atom stereocenters. The van der Waals surface area contributed by atoms with Crippen LogP contribution in [-0.4, -0.2) is 35.3 Å². The molecule has 4 aliphatic rings. The number of ketones is 2.